The zero-order valence-corrected chi connectivity index (χ0v) is 11.6. The van der Waals surface area contributed by atoms with E-state index < -0.39 is 5.41 Å². The van der Waals surface area contributed by atoms with Gasteiger partial charge in [-0.2, -0.15) is 0 Å². The molecule has 1 saturated carbocycles. The number of carbonyl (C=O) groups excluding carboxylic acids is 1. The van der Waals surface area contributed by atoms with Crippen LogP contribution in [0.15, 0.2) is 24.3 Å². The molecule has 1 aliphatic heterocycles. The van der Waals surface area contributed by atoms with Crippen LogP contribution in [-0.2, 0) is 10.2 Å². The highest BCUT2D eigenvalue weighted by Gasteiger charge is 2.52. The molecule has 3 rings (SSSR count). The molecule has 2 fully saturated rings. The molecule has 1 heterocycles. The predicted octanol–water partition coefficient (Wildman–Crippen LogP) is 1.97. The van der Waals surface area contributed by atoms with Gasteiger partial charge in [-0.05, 0) is 50.8 Å². The highest BCUT2D eigenvalue weighted by atomic mass is 19.1. The van der Waals surface area contributed by atoms with Crippen LogP contribution in [0.25, 0.3) is 0 Å². The SMILES string of the molecule is O=C(NCC1CCCNC1)C1(c2ccccc2F)CC1. The third-order valence-corrected chi connectivity index (χ3v) is 4.52. The Hall–Kier alpha value is -1.42. The molecule has 0 bridgehead atoms. The number of hydrogen-bond acceptors (Lipinski definition) is 2. The van der Waals surface area contributed by atoms with Gasteiger partial charge in [0.2, 0.25) is 5.91 Å². The van der Waals surface area contributed by atoms with Crippen molar-refractivity contribution in [2.75, 3.05) is 19.6 Å². The highest BCUT2D eigenvalue weighted by molar-refractivity contribution is 5.91. The second kappa shape index (κ2) is 5.52. The van der Waals surface area contributed by atoms with E-state index in [0.29, 0.717) is 18.0 Å². The molecule has 1 saturated heterocycles. The molecule has 1 aromatic rings. The van der Waals surface area contributed by atoms with Gasteiger partial charge in [-0.1, -0.05) is 18.2 Å². The van der Waals surface area contributed by atoms with Gasteiger partial charge in [0, 0.05) is 12.1 Å². The second-order valence-corrected chi connectivity index (χ2v) is 5.98. The fourth-order valence-corrected chi connectivity index (χ4v) is 3.10. The summed E-state index contributed by atoms with van der Waals surface area (Å²) >= 11 is 0. The average molecular weight is 276 g/mol. The molecular weight excluding hydrogens is 255 g/mol. The third-order valence-electron chi connectivity index (χ3n) is 4.52. The first-order valence-corrected chi connectivity index (χ1v) is 7.46. The summed E-state index contributed by atoms with van der Waals surface area (Å²) in [5.41, 5.74) is -0.0489. The molecule has 3 nitrogen and oxygen atoms in total. The van der Waals surface area contributed by atoms with Gasteiger partial charge in [-0.3, -0.25) is 4.79 Å². The van der Waals surface area contributed by atoms with Gasteiger partial charge in [0.05, 0.1) is 5.41 Å². The third kappa shape index (κ3) is 2.57. The van der Waals surface area contributed by atoms with Crippen LogP contribution in [0.2, 0.25) is 0 Å². The zero-order chi connectivity index (χ0) is 14.0. The van der Waals surface area contributed by atoms with Crippen molar-refractivity contribution in [3.63, 3.8) is 0 Å². The van der Waals surface area contributed by atoms with E-state index in [4.69, 9.17) is 0 Å². The average Bonchev–Trinajstić information content (AvgIpc) is 3.28. The van der Waals surface area contributed by atoms with Crippen LogP contribution in [0.1, 0.15) is 31.2 Å². The van der Waals surface area contributed by atoms with Crippen molar-refractivity contribution in [3.05, 3.63) is 35.6 Å². The molecule has 4 heteroatoms. The van der Waals surface area contributed by atoms with Crippen molar-refractivity contribution in [1.82, 2.24) is 10.6 Å². The van der Waals surface area contributed by atoms with Gasteiger partial charge in [-0.25, -0.2) is 4.39 Å². The number of benzene rings is 1. The Labute approximate surface area is 118 Å². The minimum atomic E-state index is -0.604. The van der Waals surface area contributed by atoms with Crippen LogP contribution in [0, 0.1) is 11.7 Å². The van der Waals surface area contributed by atoms with E-state index in [1.807, 2.05) is 0 Å². The first kappa shape index (κ1) is 13.6. The summed E-state index contributed by atoms with van der Waals surface area (Å²) in [6, 6.07) is 6.65. The van der Waals surface area contributed by atoms with Crippen LogP contribution >= 0.6 is 0 Å². The van der Waals surface area contributed by atoms with Gasteiger partial charge >= 0.3 is 0 Å². The van der Waals surface area contributed by atoms with Gasteiger partial charge in [0.15, 0.2) is 0 Å². The topological polar surface area (TPSA) is 41.1 Å². The van der Waals surface area contributed by atoms with E-state index in [0.717, 1.165) is 32.4 Å². The molecular formula is C16H21FN2O. The monoisotopic (exact) mass is 276 g/mol. The molecule has 2 aliphatic rings. The van der Waals surface area contributed by atoms with Gasteiger partial charge < -0.3 is 10.6 Å². The Morgan fingerprint density at radius 1 is 1.40 bits per heavy atom. The number of hydrogen-bond donors (Lipinski definition) is 2. The van der Waals surface area contributed by atoms with Gasteiger partial charge in [-0.15, -0.1) is 0 Å². The summed E-state index contributed by atoms with van der Waals surface area (Å²) in [5, 5.41) is 6.38. The molecule has 20 heavy (non-hydrogen) atoms. The molecule has 1 atom stereocenters. The van der Waals surface area contributed by atoms with Crippen molar-refractivity contribution < 1.29 is 9.18 Å². The van der Waals surface area contributed by atoms with Crippen molar-refractivity contribution in [1.29, 1.82) is 0 Å². The molecule has 0 spiro atoms. The summed E-state index contributed by atoms with van der Waals surface area (Å²) in [6.07, 6.45) is 3.82. The van der Waals surface area contributed by atoms with Crippen LogP contribution in [0.5, 0.6) is 0 Å². The zero-order valence-electron chi connectivity index (χ0n) is 11.6. The number of halogens is 1. The fraction of sp³-hybridized carbons (Fsp3) is 0.562. The normalized spacial score (nSPS) is 24.1. The van der Waals surface area contributed by atoms with E-state index in [-0.39, 0.29) is 11.7 Å². The molecule has 1 aromatic carbocycles. The number of carbonyl (C=O) groups is 1. The van der Waals surface area contributed by atoms with E-state index in [2.05, 4.69) is 10.6 Å². The van der Waals surface area contributed by atoms with E-state index in [1.54, 1.807) is 18.2 Å². The van der Waals surface area contributed by atoms with E-state index in [9.17, 15) is 9.18 Å². The summed E-state index contributed by atoms with van der Waals surface area (Å²) in [7, 11) is 0. The van der Waals surface area contributed by atoms with Crippen LogP contribution in [0.3, 0.4) is 0 Å². The molecule has 0 radical (unpaired) electrons. The van der Waals surface area contributed by atoms with Gasteiger partial charge in [0.1, 0.15) is 5.82 Å². The van der Waals surface area contributed by atoms with Crippen LogP contribution in [-0.4, -0.2) is 25.5 Å². The number of nitrogens with one attached hydrogen (secondary N) is 2. The van der Waals surface area contributed by atoms with Crippen LogP contribution in [0.4, 0.5) is 4.39 Å². The summed E-state index contributed by atoms with van der Waals surface area (Å²) in [4.78, 5) is 12.4. The fourth-order valence-electron chi connectivity index (χ4n) is 3.10. The molecule has 1 unspecified atom stereocenters. The number of amides is 1. The van der Waals surface area contributed by atoms with Crippen molar-refractivity contribution in [2.45, 2.75) is 31.1 Å². The lowest BCUT2D eigenvalue weighted by atomic mass is 9.93. The van der Waals surface area contributed by atoms with E-state index >= 15 is 0 Å². The first-order valence-electron chi connectivity index (χ1n) is 7.46. The summed E-state index contributed by atoms with van der Waals surface area (Å²) in [5.74, 6) is 0.233. The maximum absolute atomic E-state index is 13.9. The highest BCUT2D eigenvalue weighted by Crippen LogP contribution is 2.49. The maximum atomic E-state index is 13.9. The Balaban J connectivity index is 1.63. The van der Waals surface area contributed by atoms with Crippen molar-refractivity contribution >= 4 is 5.91 Å². The molecule has 1 amide bonds. The predicted molar refractivity (Wildman–Crippen MR) is 75.9 cm³/mol. The molecule has 0 aromatic heterocycles. The summed E-state index contributed by atoms with van der Waals surface area (Å²) < 4.78 is 13.9. The minimum absolute atomic E-state index is 0.00632. The first-order chi connectivity index (χ1) is 9.72. The lowest BCUT2D eigenvalue weighted by molar-refractivity contribution is -0.123. The van der Waals surface area contributed by atoms with Crippen molar-refractivity contribution in [3.8, 4) is 0 Å². The largest absolute Gasteiger partial charge is 0.355 e. The summed E-state index contributed by atoms with van der Waals surface area (Å²) in [6.45, 7) is 2.73. The van der Waals surface area contributed by atoms with Gasteiger partial charge in [0.25, 0.3) is 0 Å². The Morgan fingerprint density at radius 2 is 2.20 bits per heavy atom. The molecule has 108 valence electrons. The van der Waals surface area contributed by atoms with E-state index in [1.165, 1.54) is 12.5 Å². The second-order valence-electron chi connectivity index (χ2n) is 5.98. The maximum Gasteiger partial charge on any atom is 0.230 e. The molecule has 2 N–H and O–H groups in total. The quantitative estimate of drug-likeness (QED) is 0.883. The number of piperidine rings is 1. The van der Waals surface area contributed by atoms with Crippen LogP contribution < -0.4 is 10.6 Å². The lowest BCUT2D eigenvalue weighted by Crippen LogP contribution is -2.42. The smallest absolute Gasteiger partial charge is 0.230 e. The molecule has 1 aliphatic carbocycles. The Morgan fingerprint density at radius 3 is 2.85 bits per heavy atom. The lowest BCUT2D eigenvalue weighted by Gasteiger charge is -2.24. The standard InChI is InChI=1S/C16H21FN2O/c17-14-6-2-1-5-13(14)16(7-8-16)15(20)19-11-12-4-3-9-18-10-12/h1-2,5-6,12,18H,3-4,7-11H2,(H,19,20). The minimum Gasteiger partial charge on any atom is -0.355 e. The Kier molecular flexibility index (Phi) is 3.74. The number of rotatable bonds is 4. The Bertz CT molecular complexity index is 493. The van der Waals surface area contributed by atoms with Crippen molar-refractivity contribution in [2.24, 2.45) is 5.92 Å².